The molecule has 0 saturated carbocycles. The highest BCUT2D eigenvalue weighted by Gasteiger charge is 2.28. The molecule has 1 aliphatic heterocycles. The molecule has 140 valence electrons. The molecule has 3 rings (SSSR count). The highest BCUT2D eigenvalue weighted by molar-refractivity contribution is 7.88. The monoisotopic (exact) mass is 377 g/mol. The van der Waals surface area contributed by atoms with Gasteiger partial charge < -0.3 is 4.74 Å². The van der Waals surface area contributed by atoms with Gasteiger partial charge in [-0.2, -0.15) is 0 Å². The Morgan fingerprint density at radius 2 is 1.92 bits per heavy atom. The molecule has 0 N–H and O–H groups in total. The van der Waals surface area contributed by atoms with Crippen molar-refractivity contribution in [3.63, 3.8) is 0 Å². The summed E-state index contributed by atoms with van der Waals surface area (Å²) in [6, 6.07) is 13.6. The summed E-state index contributed by atoms with van der Waals surface area (Å²) in [6.07, 6.45) is 2.79. The van der Waals surface area contributed by atoms with Crippen molar-refractivity contribution in [1.82, 2.24) is 4.31 Å². The van der Waals surface area contributed by atoms with Crippen LogP contribution in [-0.4, -0.2) is 32.9 Å². The molecule has 1 atom stereocenters. The number of hydrogen-bond acceptors (Lipinski definition) is 3. The summed E-state index contributed by atoms with van der Waals surface area (Å²) in [5, 5.41) is 0. The van der Waals surface area contributed by atoms with E-state index in [9.17, 15) is 12.8 Å². The van der Waals surface area contributed by atoms with Crippen LogP contribution < -0.4 is 4.74 Å². The Bertz CT molecular complexity index is 836. The zero-order valence-electron chi connectivity index (χ0n) is 14.9. The maximum absolute atomic E-state index is 13.4. The fraction of sp³-hybridized carbons (Fsp3) is 0.400. The van der Waals surface area contributed by atoms with Crippen molar-refractivity contribution in [3.8, 4) is 5.75 Å². The third-order valence-corrected chi connectivity index (χ3v) is 6.67. The molecule has 0 bridgehead atoms. The van der Waals surface area contributed by atoms with E-state index in [4.69, 9.17) is 4.74 Å². The summed E-state index contributed by atoms with van der Waals surface area (Å²) in [5.74, 6) is 0.369. The second-order valence-electron chi connectivity index (χ2n) is 6.71. The third-order valence-electron chi connectivity index (χ3n) is 4.85. The van der Waals surface area contributed by atoms with E-state index in [0.29, 0.717) is 18.7 Å². The first-order chi connectivity index (χ1) is 12.5. The number of halogens is 1. The van der Waals surface area contributed by atoms with Gasteiger partial charge in [0.15, 0.2) is 0 Å². The quantitative estimate of drug-likeness (QED) is 0.793. The third kappa shape index (κ3) is 4.62. The van der Waals surface area contributed by atoms with Crippen LogP contribution in [0.25, 0.3) is 0 Å². The molecule has 1 heterocycles. The lowest BCUT2D eigenvalue weighted by Crippen LogP contribution is -2.35. The van der Waals surface area contributed by atoms with E-state index < -0.39 is 15.8 Å². The fourth-order valence-corrected chi connectivity index (χ4v) is 5.03. The fourth-order valence-electron chi connectivity index (χ4n) is 3.44. The Kier molecular flexibility index (Phi) is 5.94. The summed E-state index contributed by atoms with van der Waals surface area (Å²) in [4.78, 5) is 0. The van der Waals surface area contributed by atoms with Crippen LogP contribution in [0.1, 0.15) is 36.3 Å². The van der Waals surface area contributed by atoms with Gasteiger partial charge >= 0.3 is 0 Å². The molecular weight excluding hydrogens is 353 g/mol. The molecule has 0 aromatic heterocycles. The average molecular weight is 377 g/mol. The van der Waals surface area contributed by atoms with Gasteiger partial charge in [-0.25, -0.2) is 17.1 Å². The zero-order chi connectivity index (χ0) is 18.6. The van der Waals surface area contributed by atoms with E-state index in [1.807, 2.05) is 24.3 Å². The van der Waals surface area contributed by atoms with Crippen LogP contribution in [-0.2, 0) is 15.8 Å². The summed E-state index contributed by atoms with van der Waals surface area (Å²) < 4.78 is 45.9. The standard InChI is InChI=1S/C20H24FNO3S/c1-25-20-10-8-17(9-11-20)18-6-2-3-12-22(14-18)26(23,24)15-16-5-4-7-19(21)13-16/h4-5,7-11,13,18H,2-3,6,12,14-15H2,1H3. The number of rotatable bonds is 5. The Morgan fingerprint density at radius 3 is 2.62 bits per heavy atom. The number of ether oxygens (including phenoxy) is 1. The SMILES string of the molecule is COc1ccc(C2CCCCN(S(=O)(=O)Cc3cccc(F)c3)C2)cc1. The predicted octanol–water partition coefficient (Wildman–Crippen LogP) is 3.93. The molecule has 1 aliphatic rings. The van der Waals surface area contributed by atoms with Gasteiger partial charge in [0.05, 0.1) is 12.9 Å². The van der Waals surface area contributed by atoms with Crippen molar-refractivity contribution in [2.45, 2.75) is 30.9 Å². The first-order valence-corrected chi connectivity index (χ1v) is 10.4. The molecule has 0 amide bonds. The van der Waals surface area contributed by atoms with Gasteiger partial charge in [0.1, 0.15) is 11.6 Å². The van der Waals surface area contributed by atoms with Crippen molar-refractivity contribution in [2.75, 3.05) is 20.2 Å². The van der Waals surface area contributed by atoms with Crippen molar-refractivity contribution in [2.24, 2.45) is 0 Å². The lowest BCUT2D eigenvalue weighted by molar-refractivity contribution is 0.404. The van der Waals surface area contributed by atoms with Gasteiger partial charge in [0.25, 0.3) is 0 Å². The number of hydrogen-bond donors (Lipinski definition) is 0. The van der Waals surface area contributed by atoms with E-state index >= 15 is 0 Å². The van der Waals surface area contributed by atoms with Gasteiger partial charge in [-0.1, -0.05) is 30.7 Å². The Balaban J connectivity index is 1.77. The van der Waals surface area contributed by atoms with Crippen molar-refractivity contribution < 1.29 is 17.5 Å². The molecule has 6 heteroatoms. The first-order valence-electron chi connectivity index (χ1n) is 8.84. The number of sulfonamides is 1. The second-order valence-corrected chi connectivity index (χ2v) is 8.68. The van der Waals surface area contributed by atoms with Crippen molar-refractivity contribution in [1.29, 1.82) is 0 Å². The van der Waals surface area contributed by atoms with Crippen LogP contribution in [0.5, 0.6) is 5.75 Å². The second kappa shape index (κ2) is 8.18. The number of nitrogens with zero attached hydrogens (tertiary/aromatic N) is 1. The Labute approximate surface area is 154 Å². The molecule has 1 saturated heterocycles. The van der Waals surface area contributed by atoms with Gasteiger partial charge in [-0.05, 0) is 54.2 Å². The van der Waals surface area contributed by atoms with Crippen molar-refractivity contribution >= 4 is 10.0 Å². The van der Waals surface area contributed by atoms with Gasteiger partial charge in [-0.3, -0.25) is 0 Å². The zero-order valence-corrected chi connectivity index (χ0v) is 15.7. The average Bonchev–Trinajstić information content (AvgIpc) is 2.88. The summed E-state index contributed by atoms with van der Waals surface area (Å²) in [7, 11) is -1.86. The van der Waals surface area contributed by atoms with E-state index in [1.165, 1.54) is 12.1 Å². The minimum atomic E-state index is -3.49. The molecule has 2 aromatic carbocycles. The van der Waals surface area contributed by atoms with E-state index in [-0.39, 0.29) is 11.7 Å². The van der Waals surface area contributed by atoms with E-state index in [2.05, 4.69) is 0 Å². The highest BCUT2D eigenvalue weighted by Crippen LogP contribution is 2.29. The molecule has 4 nitrogen and oxygen atoms in total. The molecule has 0 radical (unpaired) electrons. The lowest BCUT2D eigenvalue weighted by Gasteiger charge is -2.24. The largest absolute Gasteiger partial charge is 0.497 e. The van der Waals surface area contributed by atoms with E-state index in [0.717, 1.165) is 30.6 Å². The lowest BCUT2D eigenvalue weighted by atomic mass is 9.94. The molecule has 1 unspecified atom stereocenters. The van der Waals surface area contributed by atoms with Crippen LogP contribution in [0.3, 0.4) is 0 Å². The molecule has 26 heavy (non-hydrogen) atoms. The first kappa shape index (κ1) is 18.9. The summed E-state index contributed by atoms with van der Waals surface area (Å²) in [5.41, 5.74) is 1.61. The molecular formula is C20H24FNO3S. The molecule has 0 aliphatic carbocycles. The number of benzene rings is 2. The van der Waals surface area contributed by atoms with Crippen LogP contribution >= 0.6 is 0 Å². The maximum Gasteiger partial charge on any atom is 0.218 e. The van der Waals surface area contributed by atoms with Crippen LogP contribution in [0, 0.1) is 5.82 Å². The minimum absolute atomic E-state index is 0.158. The van der Waals surface area contributed by atoms with Crippen LogP contribution in [0.15, 0.2) is 48.5 Å². The van der Waals surface area contributed by atoms with Gasteiger partial charge in [0, 0.05) is 13.1 Å². The maximum atomic E-state index is 13.4. The Morgan fingerprint density at radius 1 is 1.15 bits per heavy atom. The number of methoxy groups -OCH3 is 1. The van der Waals surface area contributed by atoms with Gasteiger partial charge in [0.2, 0.25) is 10.0 Å². The van der Waals surface area contributed by atoms with Gasteiger partial charge in [-0.15, -0.1) is 0 Å². The molecule has 0 spiro atoms. The Hall–Kier alpha value is -1.92. The summed E-state index contributed by atoms with van der Waals surface area (Å²) in [6.45, 7) is 0.980. The molecule has 1 fully saturated rings. The van der Waals surface area contributed by atoms with Crippen LogP contribution in [0.4, 0.5) is 4.39 Å². The topological polar surface area (TPSA) is 46.6 Å². The summed E-state index contributed by atoms with van der Waals surface area (Å²) >= 11 is 0. The highest BCUT2D eigenvalue weighted by atomic mass is 32.2. The minimum Gasteiger partial charge on any atom is -0.497 e. The smallest absolute Gasteiger partial charge is 0.218 e. The van der Waals surface area contributed by atoms with E-state index in [1.54, 1.807) is 23.5 Å². The predicted molar refractivity (Wildman–Crippen MR) is 100 cm³/mol. The normalized spacial score (nSPS) is 19.1. The molecule has 2 aromatic rings. The van der Waals surface area contributed by atoms with Crippen LogP contribution in [0.2, 0.25) is 0 Å². The van der Waals surface area contributed by atoms with Crippen molar-refractivity contribution in [3.05, 3.63) is 65.5 Å².